The highest BCUT2D eigenvalue weighted by Crippen LogP contribution is 2.28. The Morgan fingerprint density at radius 3 is 2.50 bits per heavy atom. The van der Waals surface area contributed by atoms with Crippen LogP contribution in [-0.2, 0) is 14.3 Å². The molecule has 2 N–H and O–H groups in total. The molecule has 0 unspecified atom stereocenters. The van der Waals surface area contributed by atoms with Crippen LogP contribution in [-0.4, -0.2) is 48.1 Å². The monoisotopic (exact) mass is 424 g/mol. The van der Waals surface area contributed by atoms with E-state index in [-0.39, 0.29) is 17.6 Å². The van der Waals surface area contributed by atoms with E-state index in [9.17, 15) is 9.59 Å². The van der Waals surface area contributed by atoms with Crippen molar-refractivity contribution in [1.29, 1.82) is 0 Å². The summed E-state index contributed by atoms with van der Waals surface area (Å²) >= 11 is 2.61. The molecule has 1 aromatic carbocycles. The molecule has 10 heteroatoms. The number of thioether (sulfide) groups is 1. The van der Waals surface area contributed by atoms with E-state index in [1.54, 1.807) is 7.11 Å². The van der Waals surface area contributed by atoms with Gasteiger partial charge in [-0.15, -0.1) is 10.2 Å². The molecular formula is C18H24N4O4S2. The van der Waals surface area contributed by atoms with E-state index in [1.807, 2.05) is 38.1 Å². The summed E-state index contributed by atoms with van der Waals surface area (Å²) < 4.78 is 10.5. The van der Waals surface area contributed by atoms with Gasteiger partial charge in [0.05, 0.1) is 20.0 Å². The lowest BCUT2D eigenvalue weighted by Gasteiger charge is -2.17. The van der Waals surface area contributed by atoms with Crippen molar-refractivity contribution in [1.82, 2.24) is 15.5 Å². The third-order valence-electron chi connectivity index (χ3n) is 3.60. The first-order valence-electron chi connectivity index (χ1n) is 8.65. The Kier molecular flexibility index (Phi) is 8.52. The smallest absolute Gasteiger partial charge is 0.328 e. The molecule has 0 aliphatic rings. The van der Waals surface area contributed by atoms with Gasteiger partial charge in [0.25, 0.3) is 0 Å². The van der Waals surface area contributed by atoms with Gasteiger partial charge < -0.3 is 20.1 Å². The molecular weight excluding hydrogens is 400 g/mol. The fraction of sp³-hybridized carbons (Fsp3) is 0.444. The fourth-order valence-corrected chi connectivity index (χ4v) is 3.89. The molecule has 0 radical (unpaired) electrons. The number of nitrogens with one attached hydrogen (secondary N) is 2. The number of anilines is 2. The number of carbonyl (C=O) groups is 2. The number of esters is 1. The molecule has 0 saturated carbocycles. The van der Waals surface area contributed by atoms with Crippen LogP contribution in [0.15, 0.2) is 28.6 Å². The van der Waals surface area contributed by atoms with Crippen LogP contribution in [0.3, 0.4) is 0 Å². The van der Waals surface area contributed by atoms with Gasteiger partial charge in [-0.05, 0) is 36.6 Å². The Labute approximate surface area is 172 Å². The zero-order valence-electron chi connectivity index (χ0n) is 16.2. The summed E-state index contributed by atoms with van der Waals surface area (Å²) in [5.74, 6) is 0.484. The van der Waals surface area contributed by atoms with Gasteiger partial charge in [0.2, 0.25) is 11.0 Å². The topological polar surface area (TPSA) is 102 Å². The van der Waals surface area contributed by atoms with Crippen molar-refractivity contribution in [3.8, 4) is 5.75 Å². The Morgan fingerprint density at radius 2 is 1.89 bits per heavy atom. The van der Waals surface area contributed by atoms with Crippen LogP contribution in [0.5, 0.6) is 5.75 Å². The van der Waals surface area contributed by atoms with E-state index >= 15 is 0 Å². The summed E-state index contributed by atoms with van der Waals surface area (Å²) in [5, 5.41) is 14.6. The zero-order chi connectivity index (χ0) is 20.5. The van der Waals surface area contributed by atoms with Crippen molar-refractivity contribution in [2.45, 2.75) is 30.6 Å². The molecule has 0 spiro atoms. The number of benzene rings is 1. The molecule has 2 rings (SSSR count). The lowest BCUT2D eigenvalue weighted by molar-refractivity contribution is -0.145. The normalized spacial score (nSPS) is 11.8. The quantitative estimate of drug-likeness (QED) is 0.443. The molecule has 2 aromatic rings. The maximum atomic E-state index is 12.2. The van der Waals surface area contributed by atoms with Gasteiger partial charge in [-0.2, -0.15) is 0 Å². The summed E-state index contributed by atoms with van der Waals surface area (Å²) in [6.07, 6.45) is 0.526. The summed E-state index contributed by atoms with van der Waals surface area (Å²) in [7, 11) is 2.93. The van der Waals surface area contributed by atoms with Gasteiger partial charge in [-0.3, -0.25) is 4.79 Å². The minimum absolute atomic E-state index is 0.142. The zero-order valence-corrected chi connectivity index (χ0v) is 17.9. The molecule has 28 heavy (non-hydrogen) atoms. The van der Waals surface area contributed by atoms with Crippen molar-refractivity contribution in [3.63, 3.8) is 0 Å². The Balaban J connectivity index is 1.85. The van der Waals surface area contributed by atoms with E-state index in [0.717, 1.165) is 11.4 Å². The van der Waals surface area contributed by atoms with E-state index in [2.05, 4.69) is 20.8 Å². The minimum Gasteiger partial charge on any atom is -0.497 e. The Bertz CT molecular complexity index is 780. The van der Waals surface area contributed by atoms with Crippen molar-refractivity contribution in [3.05, 3.63) is 24.3 Å². The van der Waals surface area contributed by atoms with E-state index < -0.39 is 12.0 Å². The van der Waals surface area contributed by atoms with Gasteiger partial charge in [0.1, 0.15) is 11.8 Å². The van der Waals surface area contributed by atoms with Crippen molar-refractivity contribution < 1.29 is 19.1 Å². The summed E-state index contributed by atoms with van der Waals surface area (Å²) in [5.41, 5.74) is 0.862. The van der Waals surface area contributed by atoms with Crippen molar-refractivity contribution in [2.24, 2.45) is 5.92 Å². The predicted octanol–water partition coefficient (Wildman–Crippen LogP) is 3.09. The number of nitrogens with zero attached hydrogens (tertiary/aromatic N) is 2. The average Bonchev–Trinajstić information content (AvgIpc) is 3.13. The first-order chi connectivity index (χ1) is 13.4. The maximum Gasteiger partial charge on any atom is 0.328 e. The Hall–Kier alpha value is -2.33. The van der Waals surface area contributed by atoms with Gasteiger partial charge in [0.15, 0.2) is 4.34 Å². The molecule has 0 aliphatic heterocycles. The molecule has 1 atom stereocenters. The molecule has 1 heterocycles. The summed E-state index contributed by atoms with van der Waals surface area (Å²) in [6.45, 7) is 3.96. The highest BCUT2D eigenvalue weighted by atomic mass is 32.2. The number of rotatable bonds is 10. The highest BCUT2D eigenvalue weighted by Gasteiger charge is 2.22. The summed E-state index contributed by atoms with van der Waals surface area (Å²) in [4.78, 5) is 24.0. The Morgan fingerprint density at radius 1 is 1.18 bits per heavy atom. The fourth-order valence-electron chi connectivity index (χ4n) is 2.31. The number of hydrogen-bond acceptors (Lipinski definition) is 9. The van der Waals surface area contributed by atoms with Crippen LogP contribution in [0.25, 0.3) is 0 Å². The molecule has 0 saturated heterocycles. The van der Waals surface area contributed by atoms with Crippen LogP contribution in [0.2, 0.25) is 0 Å². The second-order valence-corrected chi connectivity index (χ2v) is 8.49. The standard InChI is InChI=1S/C18H24N4O4S2/c1-11(2)9-14(16(24)26-4)20-15(23)10-27-18-22-21-17(28-18)19-12-5-7-13(25-3)8-6-12/h5-8,11,14H,9-10H2,1-4H3,(H,19,21)(H,20,23)/t14-/m1/s1. The largest absolute Gasteiger partial charge is 0.497 e. The van der Waals surface area contributed by atoms with E-state index in [1.165, 1.54) is 30.2 Å². The average molecular weight is 425 g/mol. The number of hydrogen-bond donors (Lipinski definition) is 2. The van der Waals surface area contributed by atoms with Gasteiger partial charge in [-0.25, -0.2) is 4.79 Å². The van der Waals surface area contributed by atoms with Crippen LogP contribution >= 0.6 is 23.1 Å². The van der Waals surface area contributed by atoms with Crippen molar-refractivity contribution >= 4 is 45.8 Å². The molecule has 0 bridgehead atoms. The minimum atomic E-state index is -0.639. The number of amides is 1. The SMILES string of the molecule is COC(=O)[C@@H](CC(C)C)NC(=O)CSc1nnc(Nc2ccc(OC)cc2)s1. The van der Waals surface area contributed by atoms with Crippen LogP contribution < -0.4 is 15.4 Å². The molecule has 1 aromatic heterocycles. The number of methoxy groups -OCH3 is 2. The molecule has 0 fully saturated rings. The van der Waals surface area contributed by atoms with Crippen molar-refractivity contribution in [2.75, 3.05) is 25.3 Å². The number of aromatic nitrogens is 2. The lowest BCUT2D eigenvalue weighted by Crippen LogP contribution is -2.43. The lowest BCUT2D eigenvalue weighted by atomic mass is 10.0. The third-order valence-corrected chi connectivity index (χ3v) is 5.57. The highest BCUT2D eigenvalue weighted by molar-refractivity contribution is 8.01. The first-order valence-corrected chi connectivity index (χ1v) is 10.5. The van der Waals surface area contributed by atoms with Crippen LogP contribution in [0.1, 0.15) is 20.3 Å². The second-order valence-electron chi connectivity index (χ2n) is 6.29. The molecule has 0 aliphatic carbocycles. The number of ether oxygens (including phenoxy) is 2. The second kappa shape index (κ2) is 10.9. The molecule has 152 valence electrons. The maximum absolute atomic E-state index is 12.2. The van der Waals surface area contributed by atoms with Gasteiger partial charge in [0, 0.05) is 5.69 Å². The van der Waals surface area contributed by atoms with Gasteiger partial charge in [-0.1, -0.05) is 36.9 Å². The van der Waals surface area contributed by atoms with Crippen LogP contribution in [0.4, 0.5) is 10.8 Å². The van der Waals surface area contributed by atoms with E-state index in [4.69, 9.17) is 9.47 Å². The van der Waals surface area contributed by atoms with E-state index in [0.29, 0.717) is 15.9 Å². The number of carbonyl (C=O) groups excluding carboxylic acids is 2. The first kappa shape index (κ1) is 22.0. The third kappa shape index (κ3) is 7.01. The molecule has 8 nitrogen and oxygen atoms in total. The predicted molar refractivity (Wildman–Crippen MR) is 110 cm³/mol. The summed E-state index contributed by atoms with van der Waals surface area (Å²) in [6, 6.07) is 6.81. The van der Waals surface area contributed by atoms with Crippen LogP contribution in [0, 0.1) is 5.92 Å². The van der Waals surface area contributed by atoms with Gasteiger partial charge >= 0.3 is 5.97 Å². The molecule has 1 amide bonds.